The van der Waals surface area contributed by atoms with Crippen molar-refractivity contribution in [3.8, 4) is 17.2 Å². The lowest BCUT2D eigenvalue weighted by molar-refractivity contribution is -0.394. The summed E-state index contributed by atoms with van der Waals surface area (Å²) in [6.45, 7) is 1.96. The molecule has 1 aliphatic heterocycles. The quantitative estimate of drug-likeness (QED) is 0.141. The second-order valence-corrected chi connectivity index (χ2v) is 9.05. The van der Waals surface area contributed by atoms with E-state index in [2.05, 4.69) is 0 Å². The van der Waals surface area contributed by atoms with Crippen LogP contribution in [0.1, 0.15) is 12.5 Å². The minimum Gasteiger partial charge on any atom is -0.490 e. The van der Waals surface area contributed by atoms with Gasteiger partial charge in [0.2, 0.25) is 5.75 Å². The predicted octanol–water partition coefficient (Wildman–Crippen LogP) is 6.24. The van der Waals surface area contributed by atoms with Crippen LogP contribution in [0.15, 0.2) is 65.6 Å². The van der Waals surface area contributed by atoms with Crippen molar-refractivity contribution in [2.45, 2.75) is 6.92 Å². The van der Waals surface area contributed by atoms with Crippen LogP contribution in [0.4, 0.5) is 21.5 Å². The van der Waals surface area contributed by atoms with E-state index in [-0.39, 0.29) is 38.8 Å². The third-order valence-corrected chi connectivity index (χ3v) is 6.32. The number of benzene rings is 3. The van der Waals surface area contributed by atoms with Gasteiger partial charge in [0.15, 0.2) is 15.8 Å². The molecule has 1 amide bonds. The van der Waals surface area contributed by atoms with Gasteiger partial charge in [-0.3, -0.25) is 29.9 Å². The zero-order valence-electron chi connectivity index (χ0n) is 19.0. The highest BCUT2D eigenvalue weighted by Crippen LogP contribution is 2.40. The molecule has 0 radical (unpaired) electrons. The van der Waals surface area contributed by atoms with Crippen LogP contribution in [0.5, 0.6) is 17.2 Å². The predicted molar refractivity (Wildman–Crippen MR) is 139 cm³/mol. The van der Waals surface area contributed by atoms with Gasteiger partial charge in [-0.05, 0) is 48.9 Å². The molecule has 0 atom stereocenters. The maximum atomic E-state index is 14.3. The molecule has 4 rings (SSSR count). The molecule has 3 aromatic rings. The molecule has 37 heavy (non-hydrogen) atoms. The smallest absolute Gasteiger partial charge is 0.318 e. The van der Waals surface area contributed by atoms with Crippen LogP contribution in [0.2, 0.25) is 0 Å². The number of thiocarbonyl (C=S) groups is 1. The third kappa shape index (κ3) is 5.42. The fourth-order valence-corrected chi connectivity index (χ4v) is 4.68. The van der Waals surface area contributed by atoms with Gasteiger partial charge in [0.05, 0.1) is 33.1 Å². The van der Waals surface area contributed by atoms with Crippen molar-refractivity contribution in [2.75, 3.05) is 11.5 Å². The molecule has 0 unspecified atom stereocenters. The highest BCUT2D eigenvalue weighted by molar-refractivity contribution is 8.27. The molecular formula is C24H16FN3O7S2. The highest BCUT2D eigenvalue weighted by Gasteiger charge is 2.34. The molecule has 10 nitrogen and oxygen atoms in total. The van der Waals surface area contributed by atoms with Gasteiger partial charge < -0.3 is 9.47 Å². The van der Waals surface area contributed by atoms with Gasteiger partial charge in [0.25, 0.3) is 11.6 Å². The molecule has 0 spiro atoms. The molecule has 0 bridgehead atoms. The van der Waals surface area contributed by atoms with Crippen LogP contribution >= 0.6 is 24.0 Å². The first kappa shape index (κ1) is 25.7. The van der Waals surface area contributed by atoms with E-state index in [9.17, 15) is 29.4 Å². The molecule has 3 aromatic carbocycles. The minimum atomic E-state index is -0.783. The van der Waals surface area contributed by atoms with Crippen molar-refractivity contribution < 1.29 is 28.5 Å². The SMILES string of the molecule is CCOc1cc(/C=C2\SC(=S)N(c3ccccc3F)C2=O)ccc1Oc1ccc([N+](=O)[O-])cc1[N+](=O)[O-]. The Morgan fingerprint density at radius 3 is 2.43 bits per heavy atom. The van der Waals surface area contributed by atoms with Gasteiger partial charge in [-0.1, -0.05) is 42.2 Å². The lowest BCUT2D eigenvalue weighted by Crippen LogP contribution is -2.28. The molecule has 0 saturated carbocycles. The van der Waals surface area contributed by atoms with Crippen LogP contribution in [0.25, 0.3) is 6.08 Å². The van der Waals surface area contributed by atoms with Crippen molar-refractivity contribution in [1.82, 2.24) is 0 Å². The summed E-state index contributed by atoms with van der Waals surface area (Å²) in [5.74, 6) is -0.946. The molecular weight excluding hydrogens is 525 g/mol. The van der Waals surface area contributed by atoms with E-state index in [1.807, 2.05) is 0 Å². The Balaban J connectivity index is 1.65. The number of thioether (sulfide) groups is 1. The van der Waals surface area contributed by atoms with Crippen molar-refractivity contribution >= 4 is 57.3 Å². The summed E-state index contributed by atoms with van der Waals surface area (Å²) in [6.07, 6.45) is 1.56. The minimum absolute atomic E-state index is 0.0526. The fourth-order valence-electron chi connectivity index (χ4n) is 3.39. The first-order valence-electron chi connectivity index (χ1n) is 10.6. The second kappa shape index (κ2) is 10.7. The number of nitrogens with zero attached hydrogens (tertiary/aromatic N) is 3. The van der Waals surface area contributed by atoms with E-state index in [1.54, 1.807) is 31.2 Å². The van der Waals surface area contributed by atoms with E-state index in [0.717, 1.165) is 34.9 Å². The molecule has 1 heterocycles. The number of nitro benzene ring substituents is 2. The van der Waals surface area contributed by atoms with Crippen molar-refractivity contribution in [1.29, 1.82) is 0 Å². The zero-order chi connectivity index (χ0) is 26.7. The second-order valence-electron chi connectivity index (χ2n) is 7.38. The fraction of sp³-hybridized carbons (Fsp3) is 0.0833. The van der Waals surface area contributed by atoms with E-state index < -0.39 is 32.9 Å². The van der Waals surface area contributed by atoms with Gasteiger partial charge >= 0.3 is 5.69 Å². The van der Waals surface area contributed by atoms with Crippen LogP contribution < -0.4 is 14.4 Å². The van der Waals surface area contributed by atoms with Crippen molar-refractivity contribution in [2.24, 2.45) is 0 Å². The Kier molecular flexibility index (Phi) is 7.45. The van der Waals surface area contributed by atoms with Gasteiger partial charge in [0, 0.05) is 6.07 Å². The Labute approximate surface area is 218 Å². The molecule has 13 heteroatoms. The monoisotopic (exact) mass is 541 g/mol. The number of carbonyl (C=O) groups is 1. The molecule has 1 fully saturated rings. The molecule has 0 aromatic heterocycles. The third-order valence-electron chi connectivity index (χ3n) is 5.02. The van der Waals surface area contributed by atoms with E-state index in [0.29, 0.717) is 5.56 Å². The molecule has 188 valence electrons. The number of rotatable bonds is 8. The van der Waals surface area contributed by atoms with Crippen LogP contribution in [-0.2, 0) is 4.79 Å². The summed E-state index contributed by atoms with van der Waals surface area (Å²) >= 11 is 6.31. The number of ether oxygens (including phenoxy) is 2. The number of non-ortho nitro benzene ring substituents is 1. The largest absolute Gasteiger partial charge is 0.490 e. The standard InChI is InChI=1S/C24H16FN3O7S2/c1-2-34-21-11-14(12-22-23(29)26(24(36)37-22)17-6-4-3-5-16(17)25)7-9-20(21)35-19-10-8-15(27(30)31)13-18(19)28(32)33/h3-13H,2H2,1H3/b22-12-. The maximum Gasteiger partial charge on any atom is 0.318 e. The Morgan fingerprint density at radius 1 is 1.03 bits per heavy atom. The summed E-state index contributed by atoms with van der Waals surface area (Å²) in [5, 5.41) is 22.4. The lowest BCUT2D eigenvalue weighted by Gasteiger charge is -2.15. The van der Waals surface area contributed by atoms with Gasteiger partial charge in [-0.25, -0.2) is 4.39 Å². The van der Waals surface area contributed by atoms with Crippen LogP contribution in [-0.4, -0.2) is 26.7 Å². The highest BCUT2D eigenvalue weighted by atomic mass is 32.2. The van der Waals surface area contributed by atoms with Gasteiger partial charge in [-0.15, -0.1) is 0 Å². The normalized spacial score (nSPS) is 14.2. The first-order chi connectivity index (χ1) is 17.7. The summed E-state index contributed by atoms with van der Waals surface area (Å²) in [6, 6.07) is 13.5. The Morgan fingerprint density at radius 2 is 1.76 bits per heavy atom. The number of para-hydroxylation sites is 1. The van der Waals surface area contributed by atoms with Crippen molar-refractivity contribution in [3.63, 3.8) is 0 Å². The summed E-state index contributed by atoms with van der Waals surface area (Å²) in [5.41, 5.74) is -0.454. The van der Waals surface area contributed by atoms with Crippen molar-refractivity contribution in [3.05, 3.63) is 97.2 Å². The summed E-state index contributed by atoms with van der Waals surface area (Å²) < 4.78 is 25.7. The summed E-state index contributed by atoms with van der Waals surface area (Å²) in [7, 11) is 0. The van der Waals surface area contributed by atoms with Gasteiger partial charge in [0.1, 0.15) is 5.82 Å². The first-order valence-corrected chi connectivity index (χ1v) is 11.8. The average Bonchev–Trinajstić information content (AvgIpc) is 3.13. The van der Waals surface area contributed by atoms with E-state index in [4.69, 9.17) is 21.7 Å². The number of nitro groups is 2. The van der Waals surface area contributed by atoms with E-state index in [1.165, 1.54) is 24.3 Å². The Bertz CT molecular complexity index is 1480. The maximum absolute atomic E-state index is 14.3. The molecule has 0 aliphatic carbocycles. The topological polar surface area (TPSA) is 125 Å². The number of anilines is 1. The number of hydrogen-bond donors (Lipinski definition) is 0. The van der Waals surface area contributed by atoms with Crippen LogP contribution in [0, 0.1) is 26.0 Å². The number of halogens is 1. The Hall–Kier alpha value is -4.36. The number of amides is 1. The average molecular weight is 542 g/mol. The van der Waals surface area contributed by atoms with Crippen LogP contribution in [0.3, 0.4) is 0 Å². The summed E-state index contributed by atoms with van der Waals surface area (Å²) in [4.78, 5) is 35.3. The molecule has 0 N–H and O–H groups in total. The molecule has 1 saturated heterocycles. The zero-order valence-corrected chi connectivity index (χ0v) is 20.6. The van der Waals surface area contributed by atoms with E-state index >= 15 is 0 Å². The molecule has 1 aliphatic rings. The number of hydrogen-bond acceptors (Lipinski definition) is 9. The lowest BCUT2D eigenvalue weighted by atomic mass is 10.1. The number of carbonyl (C=O) groups excluding carboxylic acids is 1. The van der Waals surface area contributed by atoms with Gasteiger partial charge in [-0.2, -0.15) is 0 Å².